The summed E-state index contributed by atoms with van der Waals surface area (Å²) in [5.74, 6) is -0.895. The summed E-state index contributed by atoms with van der Waals surface area (Å²) in [5, 5.41) is 19.2. The van der Waals surface area contributed by atoms with Crippen LogP contribution in [0.3, 0.4) is 0 Å². The highest BCUT2D eigenvalue weighted by atomic mass is 32.1. The molecule has 2 N–H and O–H groups in total. The SMILES string of the molecule is CN(CC(O)c1ccc(OCC(=O)O)cc1)C(=O)c1cc2c(s1)CCN(C(=O)OC(C)(C)C)C2. The number of rotatable bonds is 7. The Hall–Kier alpha value is -3.11. The maximum Gasteiger partial charge on any atom is 0.410 e. The third kappa shape index (κ3) is 6.71. The van der Waals surface area contributed by atoms with Gasteiger partial charge in [-0.25, -0.2) is 9.59 Å². The van der Waals surface area contributed by atoms with Crippen LogP contribution in [0.5, 0.6) is 5.75 Å². The molecule has 34 heavy (non-hydrogen) atoms. The maximum atomic E-state index is 13.0. The van der Waals surface area contributed by atoms with E-state index < -0.39 is 24.3 Å². The van der Waals surface area contributed by atoms with E-state index in [9.17, 15) is 19.5 Å². The first-order chi connectivity index (χ1) is 15.9. The molecule has 0 aliphatic carbocycles. The zero-order valence-electron chi connectivity index (χ0n) is 19.7. The Morgan fingerprint density at radius 1 is 1.21 bits per heavy atom. The zero-order valence-corrected chi connectivity index (χ0v) is 20.6. The molecule has 1 unspecified atom stereocenters. The van der Waals surface area contributed by atoms with Crippen molar-refractivity contribution in [3.05, 3.63) is 51.2 Å². The van der Waals surface area contributed by atoms with Crippen molar-refractivity contribution in [3.63, 3.8) is 0 Å². The monoisotopic (exact) mass is 490 g/mol. The minimum atomic E-state index is -1.07. The zero-order chi connectivity index (χ0) is 25.0. The first-order valence-electron chi connectivity index (χ1n) is 10.9. The lowest BCUT2D eigenvalue weighted by atomic mass is 10.1. The quantitative estimate of drug-likeness (QED) is 0.612. The Labute approximate surface area is 202 Å². The molecule has 1 aromatic heterocycles. The molecule has 0 bridgehead atoms. The predicted molar refractivity (Wildman–Crippen MR) is 126 cm³/mol. The van der Waals surface area contributed by atoms with E-state index in [0.29, 0.717) is 35.7 Å². The lowest BCUT2D eigenvalue weighted by Crippen LogP contribution is -2.39. The minimum Gasteiger partial charge on any atom is -0.482 e. The van der Waals surface area contributed by atoms with Crippen LogP contribution in [0.25, 0.3) is 0 Å². The van der Waals surface area contributed by atoms with Crippen LogP contribution in [0.2, 0.25) is 0 Å². The Morgan fingerprint density at radius 3 is 2.50 bits per heavy atom. The summed E-state index contributed by atoms with van der Waals surface area (Å²) >= 11 is 1.42. The van der Waals surface area contributed by atoms with E-state index in [-0.39, 0.29) is 18.5 Å². The van der Waals surface area contributed by atoms with Gasteiger partial charge in [0.2, 0.25) is 0 Å². The number of aliphatic carboxylic acids is 1. The van der Waals surface area contributed by atoms with Crippen LogP contribution in [0.4, 0.5) is 4.79 Å². The van der Waals surface area contributed by atoms with Gasteiger partial charge in [-0.15, -0.1) is 11.3 Å². The number of carbonyl (C=O) groups excluding carboxylic acids is 2. The number of hydrogen-bond donors (Lipinski definition) is 2. The number of carboxylic acid groups (broad SMARTS) is 1. The number of aliphatic hydroxyl groups excluding tert-OH is 1. The number of amides is 2. The van der Waals surface area contributed by atoms with Gasteiger partial charge in [-0.05, 0) is 56.5 Å². The highest BCUT2D eigenvalue weighted by molar-refractivity contribution is 7.14. The molecule has 1 aromatic carbocycles. The summed E-state index contributed by atoms with van der Waals surface area (Å²) in [7, 11) is 1.63. The number of likely N-dealkylation sites (N-methyl/N-ethyl adjacent to an activating group) is 1. The average molecular weight is 491 g/mol. The van der Waals surface area contributed by atoms with Crippen molar-refractivity contribution >= 4 is 29.3 Å². The maximum absolute atomic E-state index is 13.0. The summed E-state index contributed by atoms with van der Waals surface area (Å²) < 4.78 is 10.5. The van der Waals surface area contributed by atoms with E-state index >= 15 is 0 Å². The standard InChI is InChI=1S/C24H30N2O7S/c1-24(2,3)33-23(31)26-10-9-19-16(12-26)11-20(34-19)22(30)25(4)13-18(27)15-5-7-17(8-6-15)32-14-21(28)29/h5-8,11,18,27H,9-10,12-14H2,1-4H3,(H,28,29). The molecule has 0 saturated heterocycles. The average Bonchev–Trinajstić information content (AvgIpc) is 3.19. The van der Waals surface area contributed by atoms with Gasteiger partial charge in [0.15, 0.2) is 6.61 Å². The highest BCUT2D eigenvalue weighted by Crippen LogP contribution is 2.30. The normalized spacial score (nSPS) is 14.2. The summed E-state index contributed by atoms with van der Waals surface area (Å²) in [6.07, 6.45) is -0.619. The van der Waals surface area contributed by atoms with Gasteiger partial charge in [0.25, 0.3) is 5.91 Å². The van der Waals surface area contributed by atoms with Gasteiger partial charge in [0.1, 0.15) is 11.4 Å². The van der Waals surface area contributed by atoms with Crippen LogP contribution in [-0.2, 0) is 22.5 Å². The van der Waals surface area contributed by atoms with Gasteiger partial charge >= 0.3 is 12.1 Å². The smallest absolute Gasteiger partial charge is 0.410 e. The Bertz CT molecular complexity index is 1040. The number of hydrogen-bond acceptors (Lipinski definition) is 7. The molecule has 184 valence electrons. The number of nitrogens with zero attached hydrogens (tertiary/aromatic N) is 2. The molecular formula is C24H30N2O7S. The van der Waals surface area contributed by atoms with Gasteiger partial charge in [0, 0.05) is 18.5 Å². The molecule has 0 spiro atoms. The first-order valence-corrected chi connectivity index (χ1v) is 11.7. The molecule has 2 amide bonds. The Morgan fingerprint density at radius 2 is 1.88 bits per heavy atom. The third-order valence-corrected chi connectivity index (χ3v) is 6.37. The van der Waals surface area contributed by atoms with E-state index in [1.807, 2.05) is 26.8 Å². The summed E-state index contributed by atoms with van der Waals surface area (Å²) in [6.45, 7) is 6.06. The molecule has 1 aliphatic heterocycles. The van der Waals surface area contributed by atoms with Gasteiger partial charge in [-0.3, -0.25) is 4.79 Å². The van der Waals surface area contributed by atoms with E-state index in [1.165, 1.54) is 16.2 Å². The molecule has 2 heterocycles. The number of carboxylic acids is 1. The molecule has 0 radical (unpaired) electrons. The van der Waals surface area contributed by atoms with Crippen molar-refractivity contribution in [2.75, 3.05) is 26.7 Å². The summed E-state index contributed by atoms with van der Waals surface area (Å²) in [4.78, 5) is 40.7. The second-order valence-electron chi connectivity index (χ2n) is 9.16. The molecule has 10 heteroatoms. The van der Waals surface area contributed by atoms with Crippen molar-refractivity contribution in [2.24, 2.45) is 0 Å². The molecule has 1 aliphatic rings. The molecule has 0 fully saturated rings. The van der Waals surface area contributed by atoms with Crippen LogP contribution in [0.1, 0.15) is 52.6 Å². The number of thiophene rings is 1. The van der Waals surface area contributed by atoms with Gasteiger partial charge in [-0.2, -0.15) is 0 Å². The highest BCUT2D eigenvalue weighted by Gasteiger charge is 2.28. The number of aliphatic hydroxyl groups is 1. The van der Waals surface area contributed by atoms with Crippen molar-refractivity contribution in [3.8, 4) is 5.75 Å². The molecule has 2 aromatic rings. The largest absolute Gasteiger partial charge is 0.482 e. The van der Waals surface area contributed by atoms with Gasteiger partial charge in [0.05, 0.1) is 24.1 Å². The number of carbonyl (C=O) groups is 3. The van der Waals surface area contributed by atoms with Crippen molar-refractivity contribution in [1.82, 2.24) is 9.80 Å². The Balaban J connectivity index is 1.59. The number of benzene rings is 1. The fraction of sp³-hybridized carbons (Fsp3) is 0.458. The van der Waals surface area contributed by atoms with E-state index in [2.05, 4.69) is 0 Å². The molecule has 3 rings (SSSR count). The summed E-state index contributed by atoms with van der Waals surface area (Å²) in [6, 6.07) is 8.24. The van der Waals surface area contributed by atoms with Crippen LogP contribution in [0, 0.1) is 0 Å². The third-order valence-electron chi connectivity index (χ3n) is 5.15. The Kier molecular flexibility index (Phi) is 7.83. The lowest BCUT2D eigenvalue weighted by molar-refractivity contribution is -0.139. The van der Waals surface area contributed by atoms with Crippen LogP contribution in [-0.4, -0.2) is 70.3 Å². The number of ether oxygens (including phenoxy) is 2. The first kappa shape index (κ1) is 25.5. The molecular weight excluding hydrogens is 460 g/mol. The minimum absolute atomic E-state index is 0.0841. The van der Waals surface area contributed by atoms with E-state index in [4.69, 9.17) is 14.6 Å². The van der Waals surface area contributed by atoms with Crippen LogP contribution >= 0.6 is 11.3 Å². The van der Waals surface area contributed by atoms with Gasteiger partial charge in [-0.1, -0.05) is 12.1 Å². The second-order valence-corrected chi connectivity index (χ2v) is 10.3. The fourth-order valence-electron chi connectivity index (χ4n) is 3.49. The molecule has 0 saturated carbocycles. The molecule has 9 nitrogen and oxygen atoms in total. The van der Waals surface area contributed by atoms with Crippen LogP contribution < -0.4 is 4.74 Å². The van der Waals surface area contributed by atoms with Gasteiger partial charge < -0.3 is 29.5 Å². The molecule has 1 atom stereocenters. The summed E-state index contributed by atoms with van der Waals surface area (Å²) in [5.41, 5.74) is 0.958. The second kappa shape index (κ2) is 10.4. The van der Waals surface area contributed by atoms with Crippen molar-refractivity contribution < 1.29 is 34.1 Å². The van der Waals surface area contributed by atoms with Crippen molar-refractivity contribution in [2.45, 2.75) is 45.4 Å². The lowest BCUT2D eigenvalue weighted by Gasteiger charge is -2.29. The van der Waals surface area contributed by atoms with E-state index in [0.717, 1.165) is 10.4 Å². The fourth-order valence-corrected chi connectivity index (χ4v) is 4.65. The van der Waals surface area contributed by atoms with Crippen LogP contribution in [0.15, 0.2) is 30.3 Å². The predicted octanol–water partition coefficient (Wildman–Crippen LogP) is 3.31. The van der Waals surface area contributed by atoms with Crippen molar-refractivity contribution in [1.29, 1.82) is 0 Å². The topological polar surface area (TPSA) is 117 Å². The number of fused-ring (bicyclic) bond motifs is 1. The van der Waals surface area contributed by atoms with E-state index in [1.54, 1.807) is 36.2 Å².